The van der Waals surface area contributed by atoms with E-state index in [4.69, 9.17) is 19.9 Å². The number of likely N-dealkylation sites (tertiary alicyclic amines) is 1. The lowest BCUT2D eigenvalue weighted by atomic mass is 9.85. The molecule has 0 unspecified atom stereocenters. The topological polar surface area (TPSA) is 261 Å². The van der Waals surface area contributed by atoms with E-state index in [9.17, 15) is 43.1 Å². The number of carbonyl (C=O) groups excluding carboxylic acids is 7. The number of aryl methyl sites for hydroxylation is 3. The van der Waals surface area contributed by atoms with Gasteiger partial charge in [-0.25, -0.2) is 14.2 Å². The third kappa shape index (κ3) is 14.3. The fraction of sp³-hybridized carbons (Fsp3) is 0.429. The second-order valence-corrected chi connectivity index (χ2v) is 26.6. The zero-order chi connectivity index (χ0) is 64.3. The number of ether oxygens (including phenoxy) is 3. The summed E-state index contributed by atoms with van der Waals surface area (Å²) in [7, 11) is 0. The predicted octanol–water partition coefficient (Wildman–Crippen LogP) is 8.21. The number of benzene rings is 5. The highest BCUT2D eigenvalue weighted by Gasteiger charge is 2.54. The Hall–Kier alpha value is -8.53. The third-order valence-corrected chi connectivity index (χ3v) is 19.2. The Kier molecular flexibility index (Phi) is 19.1. The molecule has 11 rings (SSSR count). The van der Waals surface area contributed by atoms with Crippen LogP contribution in [0.25, 0.3) is 21.6 Å². The highest BCUT2D eigenvalue weighted by Crippen LogP contribution is 2.45. The van der Waals surface area contributed by atoms with Crippen molar-refractivity contribution in [2.24, 2.45) is 11.1 Å². The summed E-state index contributed by atoms with van der Waals surface area (Å²) in [5.74, 6) is -2.88. The summed E-state index contributed by atoms with van der Waals surface area (Å²) < 4.78 is 33.5. The van der Waals surface area contributed by atoms with Gasteiger partial charge in [0.15, 0.2) is 5.67 Å². The van der Waals surface area contributed by atoms with E-state index in [1.54, 1.807) is 26.3 Å². The number of nitrogens with one attached hydrogen (secondary N) is 4. The number of aromatic nitrogens is 1. The summed E-state index contributed by atoms with van der Waals surface area (Å²) in [6.07, 6.45) is 0.422. The minimum absolute atomic E-state index is 0.00614. The highest BCUT2D eigenvalue weighted by atomic mass is 32.1. The van der Waals surface area contributed by atoms with E-state index < -0.39 is 95.0 Å². The summed E-state index contributed by atoms with van der Waals surface area (Å²) in [5.41, 5.74) is 15.7. The zero-order valence-corrected chi connectivity index (χ0v) is 52.7. The van der Waals surface area contributed by atoms with Crippen molar-refractivity contribution in [2.45, 2.75) is 166 Å². The molecule has 7 amide bonds. The highest BCUT2D eigenvalue weighted by molar-refractivity contribution is 7.13. The molecular weight excluding hydrogens is 1180 g/mol. The monoisotopic (exact) mass is 1260 g/mol. The second kappa shape index (κ2) is 27.1. The van der Waals surface area contributed by atoms with Gasteiger partial charge in [0.1, 0.15) is 36.5 Å². The number of hydrogen-bond acceptors (Lipinski definition) is 13. The molecule has 7 N–H and O–H groups in total. The SMILES string of the molecule is Cc1ncsc1-c1ccc(CNC(=O)[C@@H]2C[C@@H](O)CN2C(=O)[C@@H](NC(=O)C2(F)CC2)C(C)(C)C)c(OCCCc2ccc(CO[C@H](C)[C@H](CCC(N)=O)NC(=O)[C@@H]3Cc4cccc5c4N3C(=O)[C@@H](NC(=O)OCC3c4ccccc4-c4ccccc43)CC5)cc2)c1. The predicted molar refractivity (Wildman–Crippen MR) is 341 cm³/mol. The second-order valence-electron chi connectivity index (χ2n) is 25.8. The quantitative estimate of drug-likeness (QED) is 0.0313. The Balaban J connectivity index is 0.683. The summed E-state index contributed by atoms with van der Waals surface area (Å²) in [6.45, 7) is 9.56. The molecule has 1 aromatic heterocycles. The number of halogens is 1. The van der Waals surface area contributed by atoms with Crippen molar-refractivity contribution < 1.29 is 57.3 Å². The molecule has 1 saturated heterocycles. The van der Waals surface area contributed by atoms with Gasteiger partial charge in [0.2, 0.25) is 29.5 Å². The van der Waals surface area contributed by atoms with E-state index in [-0.39, 0.29) is 70.7 Å². The van der Waals surface area contributed by atoms with Crippen LogP contribution in [0.1, 0.15) is 123 Å². The van der Waals surface area contributed by atoms with Crippen LogP contribution in [0.3, 0.4) is 0 Å². The van der Waals surface area contributed by atoms with E-state index in [0.29, 0.717) is 49.3 Å². The number of carbonyl (C=O) groups is 7. The Labute approximate surface area is 533 Å². The third-order valence-electron chi connectivity index (χ3n) is 18.2. The van der Waals surface area contributed by atoms with Crippen LogP contribution in [0, 0.1) is 12.3 Å². The van der Waals surface area contributed by atoms with Gasteiger partial charge in [-0.3, -0.25) is 33.7 Å². The fourth-order valence-electron chi connectivity index (χ4n) is 12.9. The smallest absolute Gasteiger partial charge is 0.407 e. The number of fused-ring (bicyclic) bond motifs is 3. The molecule has 91 heavy (non-hydrogen) atoms. The number of thiazole rings is 1. The van der Waals surface area contributed by atoms with Crippen molar-refractivity contribution in [3.63, 3.8) is 0 Å². The molecule has 6 aromatic rings. The first-order valence-corrected chi connectivity index (χ1v) is 32.3. The number of primary amides is 1. The van der Waals surface area contributed by atoms with Crippen LogP contribution in [0.4, 0.5) is 14.9 Å². The normalized spacial score (nSPS) is 19.7. The van der Waals surface area contributed by atoms with Crippen LogP contribution < -0.4 is 36.6 Å². The number of nitrogens with zero attached hydrogens (tertiary/aromatic N) is 3. The molecule has 7 atom stereocenters. The van der Waals surface area contributed by atoms with E-state index >= 15 is 0 Å². The molecule has 5 aromatic carbocycles. The summed E-state index contributed by atoms with van der Waals surface area (Å²) in [5, 5.41) is 22.3. The van der Waals surface area contributed by atoms with Crippen molar-refractivity contribution in [2.75, 3.05) is 24.7 Å². The number of β-amino-alcohol motifs (C(OH)–C–C–N with tert-alkyl or cyclic N) is 1. The van der Waals surface area contributed by atoms with Crippen LogP contribution in [-0.4, -0.2) is 124 Å². The molecule has 0 bridgehead atoms. The van der Waals surface area contributed by atoms with Crippen LogP contribution in [0.15, 0.2) is 115 Å². The molecule has 0 radical (unpaired) electrons. The molecule has 5 aliphatic rings. The molecule has 19 nitrogen and oxygen atoms in total. The standard InChI is InChI=1S/C70H79FN8O11S/c1-40-61(91-39-74-40)46-23-24-47(35-73-63(82)56-34-48(80)36-78(56)66(85)62(69(3,4)5)77-67(86)70(71)29-30-70)58(33-46)88-31-11-12-42-19-21-43(22-20-42)37-89-41(2)54(27-28-59(72)81)75-64(83)57-32-45-14-10-13-44-25-26-55(65(84)79(57)60(44)45)76-68(87)90-38-53-51-17-8-6-15-49(51)50-16-7-9-18-52(50)53/h6-10,13-24,33,39,41,48,53-57,62,80H,11-12,25-32,34-38H2,1-5H3,(H2,72,81)(H,73,82)(H,75,83)(H,76,87)(H,77,86)/t41-,48-,54+,55+,56+,57+,62-/m1/s1. The van der Waals surface area contributed by atoms with Gasteiger partial charge in [0.05, 0.1) is 53.2 Å². The number of hydrogen-bond donors (Lipinski definition) is 6. The Bertz CT molecular complexity index is 3690. The van der Waals surface area contributed by atoms with Gasteiger partial charge in [-0.1, -0.05) is 124 Å². The van der Waals surface area contributed by atoms with Crippen LogP contribution >= 0.6 is 11.3 Å². The average molecular weight is 1260 g/mol. The molecule has 0 spiro atoms. The number of amides is 7. The Morgan fingerprint density at radius 1 is 0.879 bits per heavy atom. The van der Waals surface area contributed by atoms with Crippen LogP contribution in [0.5, 0.6) is 5.75 Å². The van der Waals surface area contributed by atoms with Crippen molar-refractivity contribution in [1.82, 2.24) is 31.2 Å². The zero-order valence-electron chi connectivity index (χ0n) is 51.9. The van der Waals surface area contributed by atoms with Gasteiger partial charge >= 0.3 is 6.09 Å². The van der Waals surface area contributed by atoms with Crippen molar-refractivity contribution >= 4 is 58.6 Å². The maximum absolute atomic E-state index is 14.8. The van der Waals surface area contributed by atoms with E-state index in [1.807, 2.05) is 111 Å². The number of alkyl halides is 1. The van der Waals surface area contributed by atoms with Gasteiger partial charge in [-0.15, -0.1) is 11.3 Å². The molecule has 2 aliphatic carbocycles. The van der Waals surface area contributed by atoms with Crippen LogP contribution in [-0.2, 0) is 70.7 Å². The van der Waals surface area contributed by atoms with Crippen molar-refractivity contribution in [3.8, 4) is 27.3 Å². The number of aliphatic hydroxyl groups is 1. The first kappa shape index (κ1) is 64.0. The van der Waals surface area contributed by atoms with Gasteiger partial charge < -0.3 is 51.2 Å². The van der Waals surface area contributed by atoms with Gasteiger partial charge in [0, 0.05) is 43.8 Å². The number of alkyl carbamates (subject to hydrolysis) is 1. The average Bonchev–Trinajstić information content (AvgIpc) is 1.63. The Morgan fingerprint density at radius 2 is 1.58 bits per heavy atom. The van der Waals surface area contributed by atoms with E-state index in [1.165, 1.54) is 21.1 Å². The molecule has 2 fully saturated rings. The Morgan fingerprint density at radius 3 is 2.26 bits per heavy atom. The first-order valence-electron chi connectivity index (χ1n) is 31.4. The first-order chi connectivity index (χ1) is 43.6. The minimum atomic E-state index is -2.00. The molecule has 478 valence electrons. The molecular formula is C70H79FN8O11S. The number of nitrogens with two attached hydrogens (primary N) is 1. The number of aliphatic hydroxyl groups excluding tert-OH is 1. The molecule has 1 saturated carbocycles. The minimum Gasteiger partial charge on any atom is -0.493 e. The largest absolute Gasteiger partial charge is 0.493 e. The number of rotatable bonds is 24. The number of anilines is 1. The lowest BCUT2D eigenvalue weighted by molar-refractivity contribution is -0.145. The van der Waals surface area contributed by atoms with Gasteiger partial charge in [-0.05, 0) is 120 Å². The lowest BCUT2D eigenvalue weighted by Gasteiger charge is -2.35. The van der Waals surface area contributed by atoms with Crippen molar-refractivity contribution in [3.05, 3.63) is 159 Å². The van der Waals surface area contributed by atoms with E-state index in [0.717, 1.165) is 60.6 Å². The van der Waals surface area contributed by atoms with E-state index in [2.05, 4.69) is 38.4 Å². The fourth-order valence-corrected chi connectivity index (χ4v) is 13.7. The van der Waals surface area contributed by atoms with Crippen molar-refractivity contribution in [1.29, 1.82) is 0 Å². The maximum Gasteiger partial charge on any atom is 0.407 e. The maximum atomic E-state index is 14.8. The van der Waals surface area contributed by atoms with Gasteiger partial charge in [-0.2, -0.15) is 0 Å². The molecule has 4 heterocycles. The molecule has 3 aliphatic heterocycles. The molecule has 21 heteroatoms. The summed E-state index contributed by atoms with van der Waals surface area (Å²) in [4.78, 5) is 104. The lowest BCUT2D eigenvalue weighted by Crippen LogP contribution is -2.59. The van der Waals surface area contributed by atoms with Gasteiger partial charge in [0.25, 0.3) is 5.91 Å². The van der Waals surface area contributed by atoms with Crippen LogP contribution in [0.2, 0.25) is 0 Å². The summed E-state index contributed by atoms with van der Waals surface area (Å²) in [6, 6.07) is 30.9. The summed E-state index contributed by atoms with van der Waals surface area (Å²) >= 11 is 1.50. The number of para-hydroxylation sites is 1.